The van der Waals surface area contributed by atoms with Gasteiger partial charge in [-0.1, -0.05) is 6.07 Å². The third-order valence-electron chi connectivity index (χ3n) is 5.14. The smallest absolute Gasteiger partial charge is 0.258 e. The minimum Gasteiger partial charge on any atom is -0.497 e. The molecule has 0 spiro atoms. The fraction of sp³-hybridized carbons (Fsp3) is 0.333. The maximum Gasteiger partial charge on any atom is 0.258 e. The van der Waals surface area contributed by atoms with E-state index in [-0.39, 0.29) is 23.8 Å². The zero-order chi connectivity index (χ0) is 21.3. The molecule has 2 aromatic heterocycles. The van der Waals surface area contributed by atoms with Gasteiger partial charge in [-0.3, -0.25) is 18.8 Å². The number of fused-ring (bicyclic) bond motifs is 1. The number of aryl methyl sites for hydroxylation is 1. The fourth-order valence-corrected chi connectivity index (χ4v) is 4.60. The van der Waals surface area contributed by atoms with Crippen molar-refractivity contribution in [3.05, 3.63) is 57.5 Å². The molecule has 0 bridgehead atoms. The van der Waals surface area contributed by atoms with E-state index in [0.29, 0.717) is 35.9 Å². The summed E-state index contributed by atoms with van der Waals surface area (Å²) in [6.45, 7) is 2.51. The molecule has 0 radical (unpaired) electrons. The molecule has 1 atom stereocenters. The van der Waals surface area contributed by atoms with E-state index in [1.165, 1.54) is 17.4 Å². The highest BCUT2D eigenvalue weighted by molar-refractivity contribution is 7.15. The van der Waals surface area contributed by atoms with Crippen molar-refractivity contribution in [1.82, 2.24) is 14.7 Å². The lowest BCUT2D eigenvalue weighted by atomic mass is 10.1. The SMILES string of the molecule is COc1cccc(N2CC(C(=O)NCCc3csc4nc(C)cc(=O)n34)CC2=O)c1. The average molecular weight is 426 g/mol. The summed E-state index contributed by atoms with van der Waals surface area (Å²) in [5.74, 6) is 0.0147. The summed E-state index contributed by atoms with van der Waals surface area (Å²) in [7, 11) is 1.57. The van der Waals surface area contributed by atoms with Crippen molar-refractivity contribution in [2.45, 2.75) is 19.8 Å². The van der Waals surface area contributed by atoms with E-state index in [1.807, 2.05) is 23.6 Å². The van der Waals surface area contributed by atoms with Crippen LogP contribution in [0.5, 0.6) is 5.75 Å². The van der Waals surface area contributed by atoms with Gasteiger partial charge in [0.05, 0.1) is 13.0 Å². The van der Waals surface area contributed by atoms with Crippen molar-refractivity contribution in [1.29, 1.82) is 0 Å². The van der Waals surface area contributed by atoms with Gasteiger partial charge in [0.1, 0.15) is 5.75 Å². The maximum atomic E-state index is 12.6. The normalized spacial score (nSPS) is 16.3. The molecule has 30 heavy (non-hydrogen) atoms. The van der Waals surface area contributed by atoms with Crippen LogP contribution >= 0.6 is 11.3 Å². The molecular formula is C21H22N4O4S. The number of aromatic nitrogens is 2. The number of anilines is 1. The largest absolute Gasteiger partial charge is 0.497 e. The Morgan fingerprint density at radius 3 is 2.97 bits per heavy atom. The summed E-state index contributed by atoms with van der Waals surface area (Å²) in [6.07, 6.45) is 0.684. The van der Waals surface area contributed by atoms with Crippen molar-refractivity contribution >= 4 is 33.8 Å². The van der Waals surface area contributed by atoms with Crippen LogP contribution in [0.3, 0.4) is 0 Å². The number of nitrogens with zero attached hydrogens (tertiary/aromatic N) is 3. The van der Waals surface area contributed by atoms with Gasteiger partial charge in [-0.15, -0.1) is 11.3 Å². The van der Waals surface area contributed by atoms with Crippen LogP contribution in [0, 0.1) is 12.8 Å². The first-order chi connectivity index (χ1) is 14.5. The number of thiazole rings is 1. The molecule has 1 unspecified atom stereocenters. The molecular weight excluding hydrogens is 404 g/mol. The predicted molar refractivity (Wildman–Crippen MR) is 114 cm³/mol. The molecule has 1 aromatic carbocycles. The second-order valence-electron chi connectivity index (χ2n) is 7.23. The van der Waals surface area contributed by atoms with E-state index >= 15 is 0 Å². The number of nitrogens with one attached hydrogen (secondary N) is 1. The monoisotopic (exact) mass is 426 g/mol. The summed E-state index contributed by atoms with van der Waals surface area (Å²) in [5.41, 5.74) is 2.11. The highest BCUT2D eigenvalue weighted by Gasteiger charge is 2.35. The summed E-state index contributed by atoms with van der Waals surface area (Å²) in [5, 5.41) is 4.79. The van der Waals surface area contributed by atoms with E-state index in [1.54, 1.807) is 29.4 Å². The van der Waals surface area contributed by atoms with Crippen molar-refractivity contribution in [3.8, 4) is 5.75 Å². The van der Waals surface area contributed by atoms with Crippen molar-refractivity contribution in [3.63, 3.8) is 0 Å². The molecule has 1 fully saturated rings. The number of carbonyl (C=O) groups excluding carboxylic acids is 2. The molecule has 156 valence electrons. The number of methoxy groups -OCH3 is 1. The Morgan fingerprint density at radius 2 is 2.17 bits per heavy atom. The van der Waals surface area contributed by atoms with Crippen LogP contribution in [-0.4, -0.2) is 41.4 Å². The molecule has 8 nitrogen and oxygen atoms in total. The van der Waals surface area contributed by atoms with Gasteiger partial charge in [-0.25, -0.2) is 4.98 Å². The quantitative estimate of drug-likeness (QED) is 0.649. The molecule has 1 aliphatic heterocycles. The van der Waals surface area contributed by atoms with Crippen LogP contribution in [0.15, 0.2) is 40.5 Å². The van der Waals surface area contributed by atoms with Gasteiger partial charge in [0.15, 0.2) is 4.96 Å². The number of benzene rings is 1. The molecule has 0 aliphatic carbocycles. The van der Waals surface area contributed by atoms with Gasteiger partial charge in [-0.2, -0.15) is 0 Å². The van der Waals surface area contributed by atoms with Gasteiger partial charge in [-0.05, 0) is 19.1 Å². The molecule has 2 amide bonds. The van der Waals surface area contributed by atoms with Crippen LogP contribution < -0.4 is 20.5 Å². The zero-order valence-corrected chi connectivity index (χ0v) is 17.6. The van der Waals surface area contributed by atoms with Crippen LogP contribution in [0.4, 0.5) is 5.69 Å². The maximum absolute atomic E-state index is 12.6. The first kappa shape index (κ1) is 20.1. The van der Waals surface area contributed by atoms with E-state index in [9.17, 15) is 14.4 Å². The molecule has 0 saturated carbocycles. The standard InChI is InChI=1S/C21H22N4O4S/c1-13-8-19(27)25-16(12-30-21(25)23-13)6-7-22-20(28)14-9-18(26)24(11-14)15-4-3-5-17(10-15)29-2/h3-5,8,10,12,14H,6-7,9,11H2,1-2H3,(H,22,28). The Labute approximate surface area is 177 Å². The number of hydrogen-bond donors (Lipinski definition) is 1. The van der Waals surface area contributed by atoms with E-state index in [4.69, 9.17) is 4.74 Å². The second-order valence-corrected chi connectivity index (χ2v) is 8.07. The third kappa shape index (κ3) is 3.93. The molecule has 1 aliphatic rings. The molecule has 1 N–H and O–H groups in total. The molecule has 4 rings (SSSR count). The zero-order valence-electron chi connectivity index (χ0n) is 16.8. The minimum atomic E-state index is -0.407. The fourth-order valence-electron chi connectivity index (χ4n) is 3.63. The lowest BCUT2D eigenvalue weighted by Gasteiger charge is -2.17. The third-order valence-corrected chi connectivity index (χ3v) is 6.02. The highest BCUT2D eigenvalue weighted by Crippen LogP contribution is 2.28. The summed E-state index contributed by atoms with van der Waals surface area (Å²) < 4.78 is 6.79. The predicted octanol–water partition coefficient (Wildman–Crippen LogP) is 1.78. The van der Waals surface area contributed by atoms with Crippen LogP contribution in [-0.2, 0) is 16.0 Å². The number of rotatable bonds is 6. The number of carbonyl (C=O) groups is 2. The van der Waals surface area contributed by atoms with Crippen LogP contribution in [0.1, 0.15) is 17.8 Å². The van der Waals surface area contributed by atoms with Gasteiger partial charge in [0.25, 0.3) is 5.56 Å². The van der Waals surface area contributed by atoms with Crippen molar-refractivity contribution < 1.29 is 14.3 Å². The van der Waals surface area contributed by atoms with Crippen LogP contribution in [0.2, 0.25) is 0 Å². The topological polar surface area (TPSA) is 93.0 Å². The van der Waals surface area contributed by atoms with Gasteiger partial charge >= 0.3 is 0 Å². The molecule has 3 aromatic rings. The minimum absolute atomic E-state index is 0.0831. The number of amides is 2. The van der Waals surface area contributed by atoms with Gasteiger partial charge in [0.2, 0.25) is 11.8 Å². The Kier molecular flexibility index (Phi) is 5.54. The molecule has 1 saturated heterocycles. The Morgan fingerprint density at radius 1 is 1.33 bits per heavy atom. The Balaban J connectivity index is 1.37. The van der Waals surface area contributed by atoms with Crippen LogP contribution in [0.25, 0.3) is 4.96 Å². The summed E-state index contributed by atoms with van der Waals surface area (Å²) >= 11 is 1.41. The Hall–Kier alpha value is -3.20. The van der Waals surface area contributed by atoms with E-state index < -0.39 is 5.92 Å². The first-order valence-corrected chi connectivity index (χ1v) is 10.5. The summed E-state index contributed by atoms with van der Waals surface area (Å²) in [4.78, 5) is 43.9. The molecule has 9 heteroatoms. The first-order valence-electron chi connectivity index (χ1n) is 9.65. The van der Waals surface area contributed by atoms with Gasteiger partial charge < -0.3 is 15.0 Å². The summed E-state index contributed by atoms with van der Waals surface area (Å²) in [6, 6.07) is 8.74. The van der Waals surface area contributed by atoms with Gasteiger partial charge in [0, 0.05) is 60.5 Å². The van der Waals surface area contributed by atoms with Crippen molar-refractivity contribution in [2.24, 2.45) is 5.92 Å². The lowest BCUT2D eigenvalue weighted by molar-refractivity contribution is -0.126. The van der Waals surface area contributed by atoms with E-state index in [2.05, 4.69) is 10.3 Å². The number of hydrogen-bond acceptors (Lipinski definition) is 6. The highest BCUT2D eigenvalue weighted by atomic mass is 32.1. The second kappa shape index (κ2) is 8.27. The van der Waals surface area contributed by atoms with E-state index in [0.717, 1.165) is 11.4 Å². The lowest BCUT2D eigenvalue weighted by Crippen LogP contribution is -2.34. The van der Waals surface area contributed by atoms with Crippen molar-refractivity contribution in [2.75, 3.05) is 25.1 Å². The Bertz CT molecular complexity index is 1170. The number of ether oxygens (including phenoxy) is 1. The average Bonchev–Trinajstić information content (AvgIpc) is 3.31. The molecule has 3 heterocycles.